The fraction of sp³-hybridized carbons (Fsp3) is 0.391. The number of nitrogens with one attached hydrogen (secondary N) is 2. The lowest BCUT2D eigenvalue weighted by atomic mass is 10.1. The number of para-hydroxylation sites is 1. The Morgan fingerprint density at radius 1 is 1.29 bits per heavy atom. The van der Waals surface area contributed by atoms with Crippen molar-refractivity contribution in [3.63, 3.8) is 0 Å². The average Bonchev–Trinajstić information content (AvgIpc) is 3.21. The molecule has 1 saturated heterocycles. The Morgan fingerprint density at radius 2 is 2.10 bits per heavy atom. The van der Waals surface area contributed by atoms with Crippen LogP contribution in [0.5, 0.6) is 5.75 Å². The fourth-order valence-electron chi connectivity index (χ4n) is 4.10. The first-order chi connectivity index (χ1) is 14.9. The first-order valence-corrected chi connectivity index (χ1v) is 10.5. The highest BCUT2D eigenvalue weighted by Crippen LogP contribution is 2.31. The number of pyridine rings is 1. The van der Waals surface area contributed by atoms with Crippen LogP contribution in [0, 0.1) is 6.92 Å². The lowest BCUT2D eigenvalue weighted by Gasteiger charge is -2.21. The van der Waals surface area contributed by atoms with Crippen LogP contribution in [0.2, 0.25) is 0 Å². The molecule has 1 amide bonds. The van der Waals surface area contributed by atoms with Gasteiger partial charge in [-0.1, -0.05) is 18.2 Å². The Morgan fingerprint density at radius 3 is 2.87 bits per heavy atom. The number of methoxy groups -OCH3 is 1. The second-order valence-electron chi connectivity index (χ2n) is 7.92. The Kier molecular flexibility index (Phi) is 5.88. The number of aryl methyl sites for hydroxylation is 1. The van der Waals surface area contributed by atoms with E-state index in [0.29, 0.717) is 5.82 Å². The number of hydrogen-bond donors (Lipinski definition) is 2. The summed E-state index contributed by atoms with van der Waals surface area (Å²) in [5.74, 6) is 3.15. The van der Waals surface area contributed by atoms with Crippen LogP contribution >= 0.6 is 0 Å². The predicted octanol–water partition coefficient (Wildman–Crippen LogP) is 3.23. The van der Waals surface area contributed by atoms with Crippen LogP contribution in [0.25, 0.3) is 10.9 Å². The summed E-state index contributed by atoms with van der Waals surface area (Å²) in [7, 11) is 1.68. The van der Waals surface area contributed by atoms with Gasteiger partial charge in [0, 0.05) is 37.0 Å². The van der Waals surface area contributed by atoms with Crippen LogP contribution in [-0.4, -0.2) is 47.1 Å². The van der Waals surface area contributed by atoms with E-state index in [1.54, 1.807) is 20.2 Å². The van der Waals surface area contributed by atoms with E-state index < -0.39 is 0 Å². The summed E-state index contributed by atoms with van der Waals surface area (Å²) >= 11 is 0. The first-order valence-electron chi connectivity index (χ1n) is 10.5. The Hall–Kier alpha value is -3.42. The summed E-state index contributed by atoms with van der Waals surface area (Å²) in [6, 6.07) is 10.1. The molecule has 1 aromatic carbocycles. The minimum atomic E-state index is -0.0128. The summed E-state index contributed by atoms with van der Waals surface area (Å²) in [6.45, 7) is 7.10. The van der Waals surface area contributed by atoms with E-state index in [9.17, 15) is 4.79 Å². The Labute approximate surface area is 182 Å². The van der Waals surface area contributed by atoms with Crippen LogP contribution < -0.4 is 20.3 Å². The van der Waals surface area contributed by atoms with Crippen LogP contribution in [-0.2, 0) is 4.79 Å². The third-order valence-corrected chi connectivity index (χ3v) is 5.56. The number of nitrogens with zero attached hydrogens (tertiary/aromatic N) is 4. The standard InChI is InChI=1S/C23H28N6O2/c1-14(18-7-5-6-8-21(18)31-4)25-23-19-11-22(24-12-20(19)26-15(2)27-23)29-10-9-17(13-29)28-16(3)30/h5-8,11-12,14,17H,9-10,13H2,1-4H3,(H,28,30)(H,25,26,27)/t14?,17-/m1/s1. The Bertz CT molecular complexity index is 1100. The molecule has 0 aliphatic carbocycles. The molecule has 1 fully saturated rings. The highest BCUT2D eigenvalue weighted by Gasteiger charge is 2.24. The maximum absolute atomic E-state index is 11.4. The van der Waals surface area contributed by atoms with Gasteiger partial charge in [0.1, 0.15) is 23.2 Å². The maximum Gasteiger partial charge on any atom is 0.217 e. The topological polar surface area (TPSA) is 92.3 Å². The maximum atomic E-state index is 11.4. The molecule has 31 heavy (non-hydrogen) atoms. The molecule has 1 unspecified atom stereocenters. The van der Waals surface area contributed by atoms with Gasteiger partial charge in [-0.05, 0) is 32.4 Å². The van der Waals surface area contributed by atoms with Crippen molar-refractivity contribution in [3.05, 3.63) is 47.9 Å². The van der Waals surface area contributed by atoms with Crippen LogP contribution in [0.4, 0.5) is 11.6 Å². The summed E-state index contributed by atoms with van der Waals surface area (Å²) in [6.07, 6.45) is 2.70. The van der Waals surface area contributed by atoms with Gasteiger partial charge >= 0.3 is 0 Å². The summed E-state index contributed by atoms with van der Waals surface area (Å²) in [5.41, 5.74) is 1.85. The van der Waals surface area contributed by atoms with E-state index >= 15 is 0 Å². The van der Waals surface area contributed by atoms with Crippen LogP contribution in [0.15, 0.2) is 36.5 Å². The molecule has 1 aliphatic heterocycles. The average molecular weight is 421 g/mol. The smallest absolute Gasteiger partial charge is 0.217 e. The van der Waals surface area contributed by atoms with Gasteiger partial charge in [-0.25, -0.2) is 15.0 Å². The van der Waals surface area contributed by atoms with E-state index in [1.807, 2.05) is 37.3 Å². The van der Waals surface area contributed by atoms with Gasteiger partial charge in [0.15, 0.2) is 0 Å². The molecule has 8 heteroatoms. The third-order valence-electron chi connectivity index (χ3n) is 5.56. The molecule has 0 spiro atoms. The molecule has 2 N–H and O–H groups in total. The molecule has 4 rings (SSSR count). The van der Waals surface area contributed by atoms with E-state index in [4.69, 9.17) is 4.74 Å². The number of anilines is 2. The summed E-state index contributed by atoms with van der Waals surface area (Å²) < 4.78 is 5.52. The zero-order valence-corrected chi connectivity index (χ0v) is 18.3. The van der Waals surface area contributed by atoms with Gasteiger partial charge in [-0.15, -0.1) is 0 Å². The molecular weight excluding hydrogens is 392 g/mol. The van der Waals surface area contributed by atoms with Crippen molar-refractivity contribution in [1.82, 2.24) is 20.3 Å². The molecule has 2 atom stereocenters. The van der Waals surface area contributed by atoms with Crippen molar-refractivity contribution in [1.29, 1.82) is 0 Å². The molecule has 1 aliphatic rings. The zero-order valence-electron chi connectivity index (χ0n) is 18.3. The molecule has 2 aromatic heterocycles. The molecule has 0 bridgehead atoms. The van der Waals surface area contributed by atoms with Crippen molar-refractivity contribution < 1.29 is 9.53 Å². The molecule has 0 radical (unpaired) electrons. The van der Waals surface area contributed by atoms with Gasteiger partial charge in [-0.2, -0.15) is 0 Å². The van der Waals surface area contributed by atoms with Gasteiger partial charge in [0.05, 0.1) is 24.9 Å². The second kappa shape index (κ2) is 8.75. The number of amides is 1. The normalized spacial score (nSPS) is 16.9. The molecule has 8 nitrogen and oxygen atoms in total. The van der Waals surface area contributed by atoms with Crippen LogP contribution in [0.1, 0.15) is 37.7 Å². The van der Waals surface area contributed by atoms with Gasteiger partial charge in [0.2, 0.25) is 5.91 Å². The highest BCUT2D eigenvalue weighted by molar-refractivity contribution is 5.90. The lowest BCUT2D eigenvalue weighted by Crippen LogP contribution is -2.35. The number of carbonyl (C=O) groups excluding carboxylic acids is 1. The third kappa shape index (κ3) is 4.52. The van der Waals surface area contributed by atoms with Crippen molar-refractivity contribution in [3.8, 4) is 5.75 Å². The van der Waals surface area contributed by atoms with Gasteiger partial charge in [-0.3, -0.25) is 4.79 Å². The molecule has 162 valence electrons. The fourth-order valence-corrected chi connectivity index (χ4v) is 4.10. The molecular formula is C23H28N6O2. The number of rotatable bonds is 6. The number of fused-ring (bicyclic) bond motifs is 1. The predicted molar refractivity (Wildman–Crippen MR) is 122 cm³/mol. The number of hydrogen-bond acceptors (Lipinski definition) is 7. The van der Waals surface area contributed by atoms with Crippen molar-refractivity contribution in [2.75, 3.05) is 30.4 Å². The van der Waals surface area contributed by atoms with Gasteiger partial charge in [0.25, 0.3) is 0 Å². The van der Waals surface area contributed by atoms with E-state index in [0.717, 1.165) is 53.4 Å². The SMILES string of the molecule is COc1ccccc1C(C)Nc1nc(C)nc2cnc(N3CC[C@@H](NC(C)=O)C3)cc12. The minimum absolute atomic E-state index is 0.000917. The first kappa shape index (κ1) is 20.8. The van der Waals surface area contributed by atoms with E-state index in [2.05, 4.69) is 37.4 Å². The number of aromatic nitrogens is 3. The minimum Gasteiger partial charge on any atom is -0.496 e. The van der Waals surface area contributed by atoms with Crippen molar-refractivity contribution in [2.24, 2.45) is 0 Å². The summed E-state index contributed by atoms with van der Waals surface area (Å²) in [4.78, 5) is 27.4. The highest BCUT2D eigenvalue weighted by atomic mass is 16.5. The second-order valence-corrected chi connectivity index (χ2v) is 7.92. The quantitative estimate of drug-likeness (QED) is 0.632. The number of benzene rings is 1. The summed E-state index contributed by atoms with van der Waals surface area (Å²) in [5, 5.41) is 7.45. The van der Waals surface area contributed by atoms with Crippen molar-refractivity contribution >= 4 is 28.4 Å². The van der Waals surface area contributed by atoms with Gasteiger partial charge < -0.3 is 20.3 Å². The molecule has 3 heterocycles. The monoisotopic (exact) mass is 420 g/mol. The van der Waals surface area contributed by atoms with Crippen LogP contribution in [0.3, 0.4) is 0 Å². The molecule has 0 saturated carbocycles. The lowest BCUT2D eigenvalue weighted by molar-refractivity contribution is -0.119. The largest absolute Gasteiger partial charge is 0.496 e. The van der Waals surface area contributed by atoms with E-state index in [1.165, 1.54) is 0 Å². The van der Waals surface area contributed by atoms with Crippen molar-refractivity contribution in [2.45, 2.75) is 39.3 Å². The number of ether oxygens (including phenoxy) is 1. The Balaban J connectivity index is 1.64. The zero-order chi connectivity index (χ0) is 22.0. The molecule has 3 aromatic rings. The number of carbonyl (C=O) groups is 1. The van der Waals surface area contributed by atoms with E-state index in [-0.39, 0.29) is 18.0 Å².